The molecule has 0 aliphatic carbocycles. The molecule has 0 unspecified atom stereocenters. The predicted octanol–water partition coefficient (Wildman–Crippen LogP) is 4.36. The average molecular weight is 369 g/mol. The molecule has 3 nitrogen and oxygen atoms in total. The van der Waals surface area contributed by atoms with Gasteiger partial charge in [-0.05, 0) is 18.2 Å². The van der Waals surface area contributed by atoms with Gasteiger partial charge in [0, 0.05) is 12.6 Å². The van der Waals surface area contributed by atoms with E-state index in [1.54, 1.807) is 0 Å². The lowest BCUT2D eigenvalue weighted by atomic mass is 10.1. The van der Waals surface area contributed by atoms with Crippen LogP contribution >= 0.6 is 23.2 Å². The van der Waals surface area contributed by atoms with Crippen LogP contribution in [0.25, 0.3) is 0 Å². The van der Waals surface area contributed by atoms with Crippen LogP contribution in [-0.4, -0.2) is 23.9 Å². The van der Waals surface area contributed by atoms with E-state index >= 15 is 0 Å². The van der Waals surface area contributed by atoms with Gasteiger partial charge in [0.1, 0.15) is 0 Å². The molecule has 0 atom stereocenters. The number of carbonyl (C=O) groups is 1. The van der Waals surface area contributed by atoms with E-state index in [9.17, 15) is 31.1 Å². The molecule has 0 fully saturated rings. The smallest absolute Gasteiger partial charge is 0.348 e. The van der Waals surface area contributed by atoms with Crippen LogP contribution in [0.3, 0.4) is 0 Å². The predicted molar refractivity (Wildman–Crippen MR) is 68.7 cm³/mol. The van der Waals surface area contributed by atoms with Gasteiger partial charge in [0.2, 0.25) is 5.91 Å². The number of hydrogen-bond donors (Lipinski definition) is 2. The lowest BCUT2D eigenvalue weighted by Crippen LogP contribution is -2.71. The number of benzene rings is 1. The second kappa shape index (κ2) is 6.04. The van der Waals surface area contributed by atoms with Crippen LogP contribution in [0.15, 0.2) is 18.2 Å². The third-order valence-corrected chi connectivity index (χ3v) is 3.20. The number of alkyl halides is 6. The topological polar surface area (TPSA) is 41.1 Å². The molecule has 0 saturated carbocycles. The monoisotopic (exact) mass is 368 g/mol. The highest BCUT2D eigenvalue weighted by molar-refractivity contribution is 6.42. The number of anilines is 1. The van der Waals surface area contributed by atoms with Gasteiger partial charge in [-0.15, -0.1) is 0 Å². The second-order valence-corrected chi connectivity index (χ2v) is 4.99. The highest BCUT2D eigenvalue weighted by Crippen LogP contribution is 2.44. The van der Waals surface area contributed by atoms with E-state index in [0.29, 0.717) is 6.92 Å². The number of hydrogen-bond acceptors (Lipinski definition) is 2. The standard InChI is InChI=1S/C11H8Cl2F6N2O/c1-5(22)20-9(10(14,15)16,11(17,18)19)21-6-2-3-7(12)8(13)4-6/h2-4,21H,1H3,(H,20,22). The highest BCUT2D eigenvalue weighted by Gasteiger charge is 2.72. The van der Waals surface area contributed by atoms with Crippen LogP contribution in [0.4, 0.5) is 32.0 Å². The molecule has 0 radical (unpaired) electrons. The molecule has 0 bridgehead atoms. The van der Waals surface area contributed by atoms with Gasteiger partial charge in [-0.1, -0.05) is 23.2 Å². The minimum absolute atomic E-state index is 0.0589. The molecular weight excluding hydrogens is 361 g/mol. The summed E-state index contributed by atoms with van der Waals surface area (Å²) in [6.07, 6.45) is -11.7. The number of nitrogens with one attached hydrogen (secondary N) is 2. The third kappa shape index (κ3) is 3.70. The van der Waals surface area contributed by atoms with E-state index in [1.807, 2.05) is 0 Å². The minimum atomic E-state index is -5.87. The summed E-state index contributed by atoms with van der Waals surface area (Å²) in [6, 6.07) is 2.65. The van der Waals surface area contributed by atoms with Gasteiger partial charge < -0.3 is 10.6 Å². The lowest BCUT2D eigenvalue weighted by Gasteiger charge is -2.38. The van der Waals surface area contributed by atoms with Crippen molar-refractivity contribution >= 4 is 34.8 Å². The Morgan fingerprint density at radius 1 is 1.00 bits per heavy atom. The lowest BCUT2D eigenvalue weighted by molar-refractivity contribution is -0.295. The van der Waals surface area contributed by atoms with Gasteiger partial charge in [-0.2, -0.15) is 26.3 Å². The largest absolute Gasteiger partial charge is 0.439 e. The van der Waals surface area contributed by atoms with E-state index in [0.717, 1.165) is 23.5 Å². The Bertz CT molecular complexity index is 559. The maximum Gasteiger partial charge on any atom is 0.439 e. The number of halogens is 8. The average Bonchev–Trinajstić information content (AvgIpc) is 2.29. The summed E-state index contributed by atoms with van der Waals surface area (Å²) >= 11 is 11.1. The number of rotatable bonds is 3. The van der Waals surface area contributed by atoms with Crippen LogP contribution < -0.4 is 10.6 Å². The first-order chi connectivity index (χ1) is 9.80. The van der Waals surface area contributed by atoms with Crippen molar-refractivity contribution in [2.24, 2.45) is 0 Å². The first-order valence-corrected chi connectivity index (χ1v) is 6.21. The summed E-state index contributed by atoms with van der Waals surface area (Å²) in [5.41, 5.74) is -5.29. The van der Waals surface area contributed by atoms with Crippen LogP contribution in [0, 0.1) is 0 Å². The van der Waals surface area contributed by atoms with E-state index in [2.05, 4.69) is 0 Å². The molecule has 0 heterocycles. The number of carbonyl (C=O) groups excluding carboxylic acids is 1. The minimum Gasteiger partial charge on any atom is -0.348 e. The fourth-order valence-electron chi connectivity index (χ4n) is 1.53. The van der Waals surface area contributed by atoms with Crippen LogP contribution in [0.1, 0.15) is 6.92 Å². The molecule has 1 aromatic carbocycles. The van der Waals surface area contributed by atoms with Crippen molar-refractivity contribution in [3.05, 3.63) is 28.2 Å². The SMILES string of the molecule is CC(=O)NC(Nc1ccc(Cl)c(Cl)c1)(C(F)(F)F)C(F)(F)F. The van der Waals surface area contributed by atoms with Gasteiger partial charge in [0.15, 0.2) is 0 Å². The van der Waals surface area contributed by atoms with Crippen molar-refractivity contribution in [3.63, 3.8) is 0 Å². The molecule has 0 saturated heterocycles. The van der Waals surface area contributed by atoms with Gasteiger partial charge in [-0.25, -0.2) is 0 Å². The highest BCUT2D eigenvalue weighted by atomic mass is 35.5. The first-order valence-electron chi connectivity index (χ1n) is 5.45. The molecule has 124 valence electrons. The maximum absolute atomic E-state index is 13.0. The van der Waals surface area contributed by atoms with E-state index in [-0.39, 0.29) is 10.0 Å². The molecule has 11 heteroatoms. The molecule has 1 amide bonds. The van der Waals surface area contributed by atoms with E-state index in [4.69, 9.17) is 23.2 Å². The summed E-state index contributed by atoms with van der Waals surface area (Å²) in [6.45, 7) is 0.531. The summed E-state index contributed by atoms with van der Waals surface area (Å²) in [7, 11) is 0. The van der Waals surface area contributed by atoms with Gasteiger partial charge in [0.05, 0.1) is 10.0 Å². The molecule has 0 aromatic heterocycles. The second-order valence-electron chi connectivity index (χ2n) is 4.18. The fraction of sp³-hybridized carbons (Fsp3) is 0.364. The van der Waals surface area contributed by atoms with Crippen LogP contribution in [0.5, 0.6) is 0 Å². The maximum atomic E-state index is 13.0. The Labute approximate surface area is 130 Å². The zero-order chi connectivity index (χ0) is 17.3. The zero-order valence-electron chi connectivity index (χ0n) is 10.7. The first kappa shape index (κ1) is 18.7. The van der Waals surface area contributed by atoms with Crippen molar-refractivity contribution < 1.29 is 31.1 Å². The fourth-order valence-corrected chi connectivity index (χ4v) is 1.83. The Hall–Kier alpha value is -1.35. The summed E-state index contributed by atoms with van der Waals surface area (Å²) in [5, 5.41) is 1.81. The van der Waals surface area contributed by atoms with Gasteiger partial charge in [0.25, 0.3) is 0 Å². The van der Waals surface area contributed by atoms with Crippen LogP contribution in [0.2, 0.25) is 10.0 Å². The Kier molecular flexibility index (Phi) is 5.13. The van der Waals surface area contributed by atoms with Crippen molar-refractivity contribution in [3.8, 4) is 0 Å². The summed E-state index contributed by atoms with van der Waals surface area (Å²) in [5.74, 6) is -1.53. The molecule has 22 heavy (non-hydrogen) atoms. The van der Waals surface area contributed by atoms with E-state index < -0.39 is 29.6 Å². The molecule has 1 rings (SSSR count). The van der Waals surface area contributed by atoms with Crippen molar-refractivity contribution in [2.45, 2.75) is 24.9 Å². The van der Waals surface area contributed by atoms with Gasteiger partial charge in [-0.3, -0.25) is 4.79 Å². The quantitative estimate of drug-likeness (QED) is 0.614. The van der Waals surface area contributed by atoms with Crippen LogP contribution in [-0.2, 0) is 4.79 Å². The third-order valence-electron chi connectivity index (χ3n) is 2.47. The normalized spacial score (nSPS) is 13.0. The molecule has 2 N–H and O–H groups in total. The van der Waals surface area contributed by atoms with Gasteiger partial charge >= 0.3 is 18.0 Å². The van der Waals surface area contributed by atoms with E-state index in [1.165, 1.54) is 5.32 Å². The molecule has 0 aliphatic heterocycles. The molecule has 1 aromatic rings. The number of amides is 1. The Morgan fingerprint density at radius 2 is 1.50 bits per heavy atom. The van der Waals surface area contributed by atoms with Crippen molar-refractivity contribution in [1.82, 2.24) is 5.32 Å². The summed E-state index contributed by atoms with van der Waals surface area (Å²) < 4.78 is 78.2. The molecule has 0 spiro atoms. The Morgan fingerprint density at radius 3 is 1.86 bits per heavy atom. The molecule has 0 aliphatic rings. The van der Waals surface area contributed by atoms with Crippen molar-refractivity contribution in [2.75, 3.05) is 5.32 Å². The summed E-state index contributed by atoms with van der Waals surface area (Å²) in [4.78, 5) is 10.9. The zero-order valence-corrected chi connectivity index (χ0v) is 12.2. The van der Waals surface area contributed by atoms with Crippen molar-refractivity contribution in [1.29, 1.82) is 0 Å². The Balaban J connectivity index is 3.42. The molecular formula is C11H8Cl2F6N2O.